The molecule has 4 aromatic carbocycles. The molecular weight excluding hydrogens is 1110 g/mol. The number of aryl methyl sites for hydroxylation is 1. The van der Waals surface area contributed by atoms with Crippen molar-refractivity contribution in [2.24, 2.45) is 11.3 Å². The average molecular weight is 1190 g/mol. The van der Waals surface area contributed by atoms with Crippen molar-refractivity contribution in [2.45, 2.75) is 133 Å². The maximum absolute atomic E-state index is 14.9. The summed E-state index contributed by atoms with van der Waals surface area (Å²) >= 11 is 0. The number of aliphatic hydroxyl groups is 1. The molecule has 6 aliphatic rings. The number of nitro benzene ring substituents is 1. The van der Waals surface area contributed by atoms with Crippen LogP contribution in [-0.2, 0) is 21.3 Å². The van der Waals surface area contributed by atoms with Crippen molar-refractivity contribution in [3.63, 3.8) is 0 Å². The van der Waals surface area contributed by atoms with Gasteiger partial charge in [-0.2, -0.15) is 4.98 Å². The summed E-state index contributed by atoms with van der Waals surface area (Å²) in [5.41, 5.74) is 5.09. The molecule has 454 valence electrons. The van der Waals surface area contributed by atoms with Crippen LogP contribution in [0.2, 0.25) is 0 Å². The molecule has 0 radical (unpaired) electrons. The molecule has 86 heavy (non-hydrogen) atoms. The molecule has 2 saturated carbocycles. The number of nitrogens with one attached hydrogen (secondary N) is 3. The van der Waals surface area contributed by atoms with E-state index in [2.05, 4.69) is 90.9 Å². The molecule has 1 spiro atoms. The number of H-pyrrole nitrogens is 1. The number of carbonyl (C=O) groups excluding carboxylic acids is 1. The van der Waals surface area contributed by atoms with Crippen LogP contribution < -0.4 is 34.0 Å². The summed E-state index contributed by atoms with van der Waals surface area (Å²) in [5.74, 6) is 2.18. The fourth-order valence-corrected chi connectivity index (χ4v) is 15.5. The van der Waals surface area contributed by atoms with Gasteiger partial charge in [0.2, 0.25) is 5.88 Å². The van der Waals surface area contributed by atoms with Crippen molar-refractivity contribution in [3.05, 3.63) is 130 Å². The molecule has 7 heterocycles. The number of piperazine rings is 1. The van der Waals surface area contributed by atoms with Crippen molar-refractivity contribution in [2.75, 3.05) is 74.7 Å². The highest BCUT2D eigenvalue weighted by Gasteiger charge is 2.51. The average Bonchev–Trinajstić information content (AvgIpc) is 1.15. The molecule has 0 bridgehead atoms. The Morgan fingerprint density at radius 1 is 0.930 bits per heavy atom. The van der Waals surface area contributed by atoms with Crippen molar-refractivity contribution >= 4 is 66.4 Å². The molecule has 4 aliphatic heterocycles. The second-order valence-corrected chi connectivity index (χ2v) is 27.1. The van der Waals surface area contributed by atoms with E-state index in [1.807, 2.05) is 44.3 Å². The molecule has 13 rings (SSSR count). The number of piperidine rings is 1. The Labute approximate surface area is 501 Å². The van der Waals surface area contributed by atoms with Crippen LogP contribution in [-0.4, -0.2) is 134 Å². The van der Waals surface area contributed by atoms with Crippen molar-refractivity contribution in [3.8, 4) is 17.4 Å². The number of aromatic nitrogens is 2. The molecule has 1 amide bonds. The Balaban J connectivity index is 0.755. The maximum Gasteiger partial charge on any atom is 0.293 e. The number of furan rings is 1. The summed E-state index contributed by atoms with van der Waals surface area (Å²) in [4.78, 5) is 44.1. The lowest BCUT2D eigenvalue weighted by Gasteiger charge is -2.58. The Morgan fingerprint density at radius 3 is 2.51 bits per heavy atom. The molecule has 21 heteroatoms. The van der Waals surface area contributed by atoms with E-state index in [0.29, 0.717) is 61.4 Å². The topological polar surface area (TPSA) is 230 Å². The van der Waals surface area contributed by atoms with Gasteiger partial charge in [0.1, 0.15) is 34.6 Å². The van der Waals surface area contributed by atoms with Gasteiger partial charge < -0.3 is 48.6 Å². The van der Waals surface area contributed by atoms with Gasteiger partial charge in [-0.15, -0.1) is 0 Å². The molecule has 3 atom stereocenters. The number of fused-ring (bicyclic) bond motifs is 4. The fraction of sp³-hybridized carbons (Fsp3) is 0.477. The van der Waals surface area contributed by atoms with Crippen LogP contribution in [0.5, 0.6) is 17.4 Å². The van der Waals surface area contributed by atoms with Crippen molar-refractivity contribution < 1.29 is 46.6 Å². The Bertz CT molecular complexity index is 3800. The van der Waals surface area contributed by atoms with Gasteiger partial charge >= 0.3 is 0 Å². The molecular formula is C65H77N9O11S. The zero-order chi connectivity index (χ0) is 59.6. The Hall–Kier alpha value is -7.43. The number of pyridine rings is 1. The smallest absolute Gasteiger partial charge is 0.293 e. The van der Waals surface area contributed by atoms with Gasteiger partial charge in [-0.25, -0.2) is 13.1 Å². The number of rotatable bonds is 16. The number of hydrogen-bond donors (Lipinski definition) is 4. The number of nitrogens with zero attached hydrogens (tertiary/aromatic N) is 6. The van der Waals surface area contributed by atoms with E-state index in [-0.39, 0.29) is 47.4 Å². The van der Waals surface area contributed by atoms with Crippen LogP contribution in [0.4, 0.5) is 28.4 Å². The molecule has 3 saturated heterocycles. The molecule has 4 N–H and O–H groups in total. The van der Waals surface area contributed by atoms with Crippen molar-refractivity contribution in [1.29, 1.82) is 0 Å². The van der Waals surface area contributed by atoms with Crippen LogP contribution in [0.3, 0.4) is 0 Å². The highest BCUT2D eigenvalue weighted by Crippen LogP contribution is 2.54. The summed E-state index contributed by atoms with van der Waals surface area (Å²) in [5, 5.41) is 28.0. The van der Waals surface area contributed by atoms with E-state index in [4.69, 9.17) is 28.3 Å². The van der Waals surface area contributed by atoms with Gasteiger partial charge in [-0.05, 0) is 169 Å². The number of para-hydroxylation sites is 1. The van der Waals surface area contributed by atoms with Crippen LogP contribution in [0.25, 0.3) is 22.0 Å². The number of methoxy groups -OCH3 is 1. The highest BCUT2D eigenvalue weighted by atomic mass is 32.2. The second kappa shape index (κ2) is 23.0. The molecule has 0 unspecified atom stereocenters. The number of benzene rings is 4. The van der Waals surface area contributed by atoms with Gasteiger partial charge in [0.15, 0.2) is 11.3 Å². The predicted molar refractivity (Wildman–Crippen MR) is 328 cm³/mol. The van der Waals surface area contributed by atoms with Gasteiger partial charge in [-0.1, -0.05) is 18.2 Å². The van der Waals surface area contributed by atoms with Crippen LogP contribution in [0, 0.1) is 28.4 Å². The van der Waals surface area contributed by atoms with Gasteiger partial charge in [0.25, 0.3) is 21.6 Å². The van der Waals surface area contributed by atoms with E-state index in [1.165, 1.54) is 23.3 Å². The lowest BCUT2D eigenvalue weighted by Crippen LogP contribution is -2.59. The lowest BCUT2D eigenvalue weighted by molar-refractivity contribution is -0.384. The lowest BCUT2D eigenvalue weighted by atomic mass is 9.59. The molecule has 7 aromatic rings. The first-order chi connectivity index (χ1) is 41.4. The maximum atomic E-state index is 14.9. The van der Waals surface area contributed by atoms with Crippen LogP contribution in [0.1, 0.15) is 112 Å². The minimum atomic E-state index is -4.65. The number of sulfonamides is 1. The third kappa shape index (κ3) is 11.4. The third-order valence-corrected chi connectivity index (χ3v) is 20.4. The Morgan fingerprint density at radius 2 is 1.73 bits per heavy atom. The minimum Gasteiger partial charge on any atom is -0.493 e. The summed E-state index contributed by atoms with van der Waals surface area (Å²) in [7, 11) is -2.96. The van der Waals surface area contributed by atoms with Gasteiger partial charge in [-0.3, -0.25) is 24.7 Å². The summed E-state index contributed by atoms with van der Waals surface area (Å²) in [6, 6.07) is 28.3. The third-order valence-electron chi connectivity index (χ3n) is 19.1. The summed E-state index contributed by atoms with van der Waals surface area (Å²) < 4.78 is 61.8. The number of aromatic amines is 1. The molecule has 3 aromatic heterocycles. The summed E-state index contributed by atoms with van der Waals surface area (Å²) in [6.45, 7) is 14.1. The fourth-order valence-electron chi connectivity index (χ4n) is 14.5. The quantitative estimate of drug-likeness (QED) is 0.0521. The van der Waals surface area contributed by atoms with Crippen molar-refractivity contribution in [1.82, 2.24) is 24.5 Å². The van der Waals surface area contributed by atoms with E-state index in [1.54, 1.807) is 13.2 Å². The van der Waals surface area contributed by atoms with E-state index in [0.717, 1.165) is 123 Å². The molecule has 5 fully saturated rings. The molecule has 2 aliphatic carbocycles. The van der Waals surface area contributed by atoms with E-state index in [9.17, 15) is 28.4 Å². The monoisotopic (exact) mass is 1190 g/mol. The van der Waals surface area contributed by atoms with Crippen LogP contribution >= 0.6 is 0 Å². The van der Waals surface area contributed by atoms with Gasteiger partial charge in [0.05, 0.1) is 58.6 Å². The molecule has 20 nitrogen and oxygen atoms in total. The van der Waals surface area contributed by atoms with E-state index >= 15 is 0 Å². The first kappa shape index (κ1) is 57.6. The second-order valence-electron chi connectivity index (χ2n) is 25.4. The first-order valence-electron chi connectivity index (χ1n) is 30.4. The SMILES string of the molecule is COc1cc(CN2CCN(C3CC4(CCN(c5ccc(C(=O)NS(=O)(=O)c6ccc(NCC7CCC(C)(O)CC7)c([N+](=O)[O-])c6)c(N6c7cc8cc[nH]c8nc7O[C@H]7COCC[C@@H]76)c5)CC4)C3)[C@@H](c3ccccc3OC(C)C)C2)cc2cc(C)oc12. The number of nitro groups is 1. The zero-order valence-corrected chi connectivity index (χ0v) is 50.4. The normalized spacial score (nSPS) is 23.6. The minimum absolute atomic E-state index is 0.0273. The Kier molecular flexibility index (Phi) is 15.4. The predicted octanol–water partition coefficient (Wildman–Crippen LogP) is 10.8. The van der Waals surface area contributed by atoms with Gasteiger partial charge in [0, 0.05) is 92.7 Å². The van der Waals surface area contributed by atoms with Crippen LogP contribution in [0.15, 0.2) is 107 Å². The number of carbonyl (C=O) groups is 1. The zero-order valence-electron chi connectivity index (χ0n) is 49.6. The largest absolute Gasteiger partial charge is 0.493 e. The standard InChI is InChI=1S/C65H77N9O11S/c1-40(2)83-57-9-7-6-8-49(57)56-38-70(37-43-29-45-28-41(3)84-60(45)58(30-43)81-5)25-26-72(56)47-34-65(35-47)20-23-71(24-21-65)46-10-12-50(53(32-46)73-52-17-27-82-39-59(52)85-63-55(73)31-44-16-22-66-61(44)68-63)62(75)69-86(79,80)48-11-13-51(54(33-48)74(77)78)67-36-42-14-18-64(4,76)19-15-42/h6-13,16,22,28-33,40,42,47,52,56,59,67,76H,14-15,17-21,23-27,34-39H2,1-5H3,(H,66,68)(H,69,75)/t42?,52-,56+,59-,64?/m0/s1. The highest BCUT2D eigenvalue weighted by molar-refractivity contribution is 7.90. The number of ether oxygens (including phenoxy) is 4. The number of anilines is 4. The number of hydrogen-bond acceptors (Lipinski definition) is 17. The number of amides is 1. The summed E-state index contributed by atoms with van der Waals surface area (Å²) in [6.07, 6.45) is 8.83. The van der Waals surface area contributed by atoms with E-state index < -0.39 is 43.1 Å². The first-order valence-corrected chi connectivity index (χ1v) is 31.9.